The molecule has 1 aliphatic heterocycles. The molecule has 1 heterocycles. The molecule has 0 saturated carbocycles. The maximum atomic E-state index is 13.0. The summed E-state index contributed by atoms with van der Waals surface area (Å²) in [5.41, 5.74) is -2.71. The van der Waals surface area contributed by atoms with Gasteiger partial charge in [-0.15, -0.1) is 0 Å². The number of ether oxygens (including phenoxy) is 1. The molecule has 0 radical (unpaired) electrons. The van der Waals surface area contributed by atoms with Crippen molar-refractivity contribution >= 4 is 11.8 Å². The van der Waals surface area contributed by atoms with Gasteiger partial charge in [-0.1, -0.05) is 0 Å². The molecule has 0 aromatic rings. The van der Waals surface area contributed by atoms with E-state index in [-0.39, 0.29) is 13.0 Å². The molecule has 1 aliphatic rings. The predicted molar refractivity (Wildman–Crippen MR) is 30.4 cm³/mol. The lowest BCUT2D eigenvalue weighted by Gasteiger charge is -2.09. The lowest BCUT2D eigenvalue weighted by molar-refractivity contribution is -0.153. The first-order valence-electron chi connectivity index (χ1n) is 3.06. The quantitative estimate of drug-likeness (QED) is 0.432. The van der Waals surface area contributed by atoms with E-state index < -0.39 is 24.1 Å². The summed E-state index contributed by atoms with van der Waals surface area (Å²) < 4.78 is 28.9. The number of esters is 1. The summed E-state index contributed by atoms with van der Waals surface area (Å²) in [5.74, 6) is -2.61. The smallest absolute Gasteiger partial charge is 0.352 e. The van der Waals surface area contributed by atoms with Crippen LogP contribution in [0.5, 0.6) is 0 Å². The molecule has 0 N–H and O–H groups in total. The second-order valence-electron chi connectivity index (χ2n) is 2.24. The Labute approximate surface area is 61.3 Å². The number of rotatable bonds is 2. The predicted octanol–water partition coefficient (Wildman–Crippen LogP) is 0.180. The van der Waals surface area contributed by atoms with Gasteiger partial charge in [0.2, 0.25) is 5.78 Å². The van der Waals surface area contributed by atoms with Crippen LogP contribution in [-0.4, -0.2) is 30.7 Å². The number of hydrogen-bond donors (Lipinski definition) is 0. The molecule has 0 aliphatic carbocycles. The summed E-state index contributed by atoms with van der Waals surface area (Å²) in [4.78, 5) is 21.0. The Bertz CT molecular complexity index is 204. The summed E-state index contributed by atoms with van der Waals surface area (Å²) in [6.45, 7) is -1.62. The molecule has 0 bridgehead atoms. The van der Waals surface area contributed by atoms with Crippen molar-refractivity contribution in [2.24, 2.45) is 0 Å². The molecule has 0 spiro atoms. The molecule has 1 rings (SSSR count). The molecule has 11 heavy (non-hydrogen) atoms. The van der Waals surface area contributed by atoms with Gasteiger partial charge in [-0.05, 0) is 0 Å². The van der Waals surface area contributed by atoms with Gasteiger partial charge in [0.25, 0.3) is 5.67 Å². The van der Waals surface area contributed by atoms with E-state index in [1.54, 1.807) is 0 Å². The number of ketones is 1. The van der Waals surface area contributed by atoms with Crippen LogP contribution in [0.25, 0.3) is 0 Å². The molecule has 1 fully saturated rings. The minimum Gasteiger partial charge on any atom is -0.463 e. The van der Waals surface area contributed by atoms with Gasteiger partial charge < -0.3 is 4.74 Å². The van der Waals surface area contributed by atoms with Crippen molar-refractivity contribution in [2.75, 3.05) is 13.3 Å². The Hall–Kier alpha value is -1.00. The fourth-order valence-electron chi connectivity index (χ4n) is 0.860. The number of Topliss-reactive ketones (excluding diaryl/α,β-unsaturated/α-hetero) is 1. The zero-order valence-electron chi connectivity index (χ0n) is 5.60. The Morgan fingerprint density at radius 1 is 1.73 bits per heavy atom. The van der Waals surface area contributed by atoms with Crippen LogP contribution in [0.1, 0.15) is 6.42 Å². The standard InChI is InChI=1S/C6H6F2O3/c7-3-4(9)6(8)1-2-11-5(6)10/h1-3H2. The van der Waals surface area contributed by atoms with Crippen LogP contribution in [0.4, 0.5) is 8.78 Å². The topological polar surface area (TPSA) is 43.4 Å². The van der Waals surface area contributed by atoms with Crippen LogP contribution in [0.15, 0.2) is 0 Å². The van der Waals surface area contributed by atoms with Crippen LogP contribution >= 0.6 is 0 Å². The second kappa shape index (κ2) is 2.56. The third-order valence-corrected chi connectivity index (χ3v) is 1.57. The zero-order chi connectivity index (χ0) is 8.48. The number of cyclic esters (lactones) is 1. The number of hydrogen-bond acceptors (Lipinski definition) is 3. The maximum absolute atomic E-state index is 13.0. The van der Waals surface area contributed by atoms with Crippen LogP contribution in [0.2, 0.25) is 0 Å². The highest BCUT2D eigenvalue weighted by Gasteiger charge is 2.51. The highest BCUT2D eigenvalue weighted by Crippen LogP contribution is 2.25. The van der Waals surface area contributed by atoms with Crippen molar-refractivity contribution < 1.29 is 23.1 Å². The van der Waals surface area contributed by atoms with Crippen LogP contribution < -0.4 is 0 Å². The largest absolute Gasteiger partial charge is 0.463 e. The summed E-state index contributed by atoms with van der Waals surface area (Å²) in [5, 5.41) is 0. The van der Waals surface area contributed by atoms with Crippen molar-refractivity contribution in [3.63, 3.8) is 0 Å². The lowest BCUT2D eigenvalue weighted by Crippen LogP contribution is -2.39. The van der Waals surface area contributed by atoms with Gasteiger partial charge in [-0.2, -0.15) is 0 Å². The Balaban J connectivity index is 2.80. The fraction of sp³-hybridized carbons (Fsp3) is 0.667. The number of carbonyl (C=O) groups is 2. The van der Waals surface area contributed by atoms with Crippen molar-refractivity contribution in [3.8, 4) is 0 Å². The van der Waals surface area contributed by atoms with Crippen LogP contribution in [0.3, 0.4) is 0 Å². The second-order valence-corrected chi connectivity index (χ2v) is 2.24. The molecular weight excluding hydrogens is 158 g/mol. The van der Waals surface area contributed by atoms with Crippen LogP contribution in [0, 0.1) is 0 Å². The summed E-state index contributed by atoms with van der Waals surface area (Å²) in [6, 6.07) is 0. The molecule has 0 amide bonds. The molecule has 1 atom stereocenters. The van der Waals surface area contributed by atoms with E-state index in [0.29, 0.717) is 0 Å². The lowest BCUT2D eigenvalue weighted by atomic mass is 10.0. The molecule has 5 heteroatoms. The number of carbonyl (C=O) groups excluding carboxylic acids is 2. The van der Waals surface area contributed by atoms with Crippen molar-refractivity contribution in [1.29, 1.82) is 0 Å². The van der Waals surface area contributed by atoms with Gasteiger partial charge in [0.05, 0.1) is 6.61 Å². The van der Waals surface area contributed by atoms with Gasteiger partial charge >= 0.3 is 5.97 Å². The van der Waals surface area contributed by atoms with Gasteiger partial charge in [0.1, 0.15) is 0 Å². The average Bonchev–Trinajstić information content (AvgIpc) is 2.32. The van der Waals surface area contributed by atoms with Gasteiger partial charge in [0, 0.05) is 6.42 Å². The van der Waals surface area contributed by atoms with E-state index in [9.17, 15) is 18.4 Å². The van der Waals surface area contributed by atoms with E-state index in [4.69, 9.17) is 0 Å². The van der Waals surface area contributed by atoms with E-state index >= 15 is 0 Å². The average molecular weight is 164 g/mol. The van der Waals surface area contributed by atoms with E-state index in [0.717, 1.165) is 0 Å². The summed E-state index contributed by atoms with van der Waals surface area (Å²) >= 11 is 0. The highest BCUT2D eigenvalue weighted by molar-refractivity contribution is 6.08. The molecule has 0 aromatic heterocycles. The number of alkyl halides is 2. The third-order valence-electron chi connectivity index (χ3n) is 1.57. The van der Waals surface area contributed by atoms with Crippen molar-refractivity contribution in [1.82, 2.24) is 0 Å². The van der Waals surface area contributed by atoms with Gasteiger partial charge in [-0.25, -0.2) is 13.6 Å². The molecule has 62 valence electrons. The number of halogens is 2. The first kappa shape index (κ1) is 8.10. The van der Waals surface area contributed by atoms with E-state index in [1.165, 1.54) is 0 Å². The fourth-order valence-corrected chi connectivity index (χ4v) is 0.860. The molecule has 1 unspecified atom stereocenters. The summed E-state index contributed by atoms with van der Waals surface area (Å²) in [6.07, 6.45) is -0.366. The minimum absolute atomic E-state index is 0.152. The molecular formula is C6H6F2O3. The Morgan fingerprint density at radius 3 is 2.73 bits per heavy atom. The Morgan fingerprint density at radius 2 is 2.36 bits per heavy atom. The normalized spacial score (nSPS) is 30.2. The van der Waals surface area contributed by atoms with E-state index in [1.807, 2.05) is 0 Å². The first-order valence-corrected chi connectivity index (χ1v) is 3.06. The monoisotopic (exact) mass is 164 g/mol. The Kier molecular flexibility index (Phi) is 1.89. The van der Waals surface area contributed by atoms with Gasteiger partial charge in [0.15, 0.2) is 6.67 Å². The first-order chi connectivity index (χ1) is 5.11. The van der Waals surface area contributed by atoms with Crippen LogP contribution in [-0.2, 0) is 14.3 Å². The zero-order valence-corrected chi connectivity index (χ0v) is 5.60. The molecule has 3 nitrogen and oxygen atoms in total. The molecule has 1 saturated heterocycles. The van der Waals surface area contributed by atoms with Crippen molar-refractivity contribution in [3.05, 3.63) is 0 Å². The SMILES string of the molecule is O=C(CF)C1(F)CCOC1=O. The van der Waals surface area contributed by atoms with E-state index in [2.05, 4.69) is 4.74 Å². The third kappa shape index (κ3) is 1.10. The minimum atomic E-state index is -2.71. The molecule has 0 aromatic carbocycles. The van der Waals surface area contributed by atoms with Gasteiger partial charge in [-0.3, -0.25) is 4.79 Å². The summed E-state index contributed by atoms with van der Waals surface area (Å²) in [7, 11) is 0. The maximum Gasteiger partial charge on any atom is 0.352 e. The highest BCUT2D eigenvalue weighted by atomic mass is 19.1. The van der Waals surface area contributed by atoms with Crippen molar-refractivity contribution in [2.45, 2.75) is 12.1 Å².